The molecule has 1 unspecified atom stereocenters. The first-order valence-corrected chi connectivity index (χ1v) is 10.5. The van der Waals surface area contributed by atoms with E-state index in [4.69, 9.17) is 14.8 Å². The van der Waals surface area contributed by atoms with Gasteiger partial charge in [-0.3, -0.25) is 15.1 Å². The Morgan fingerprint density at radius 3 is 2.90 bits per heavy atom. The predicted octanol–water partition coefficient (Wildman–Crippen LogP) is 2.08. The normalized spacial score (nSPS) is 17.7. The van der Waals surface area contributed by atoms with Crippen LogP contribution in [0.2, 0.25) is 0 Å². The number of unbranched alkanes of at least 4 members (excludes halogenated alkanes) is 1. The third-order valence-corrected chi connectivity index (χ3v) is 5.70. The number of benzene rings is 2. The van der Waals surface area contributed by atoms with Gasteiger partial charge in [0, 0.05) is 16.5 Å². The number of phenolic OH excluding ortho intramolecular Hbond substituents is 1. The van der Waals surface area contributed by atoms with E-state index in [1.54, 1.807) is 23.2 Å². The summed E-state index contributed by atoms with van der Waals surface area (Å²) in [5.41, 5.74) is 1.23. The van der Waals surface area contributed by atoms with E-state index in [9.17, 15) is 9.90 Å². The molecule has 0 aromatic heterocycles. The summed E-state index contributed by atoms with van der Waals surface area (Å²) < 4.78 is 5.25. The molecule has 150 valence electrons. The van der Waals surface area contributed by atoms with Crippen molar-refractivity contribution >= 4 is 28.5 Å². The Labute approximate surface area is 172 Å². The number of fused-ring (bicyclic) bond motifs is 2. The minimum Gasteiger partial charge on any atom is -0.504 e. The Kier molecular flexibility index (Phi) is 5.44. The van der Waals surface area contributed by atoms with Gasteiger partial charge < -0.3 is 9.84 Å². The van der Waals surface area contributed by atoms with Gasteiger partial charge in [-0.15, -0.1) is 5.10 Å². The van der Waals surface area contributed by atoms with Crippen LogP contribution in [0.25, 0.3) is 5.70 Å². The summed E-state index contributed by atoms with van der Waals surface area (Å²) in [4.78, 5) is 17.8. The fourth-order valence-corrected chi connectivity index (χ4v) is 4.21. The van der Waals surface area contributed by atoms with Crippen molar-refractivity contribution in [3.63, 3.8) is 0 Å². The van der Waals surface area contributed by atoms with E-state index in [0.717, 1.165) is 34.7 Å². The molecule has 29 heavy (non-hydrogen) atoms. The zero-order chi connectivity index (χ0) is 20.4. The lowest BCUT2D eigenvalue weighted by molar-refractivity contribution is -0.116. The van der Waals surface area contributed by atoms with Gasteiger partial charge in [0.25, 0.3) is 5.91 Å². The van der Waals surface area contributed by atoms with Gasteiger partial charge in [-0.25, -0.2) is 5.01 Å². The molecule has 0 radical (unpaired) electrons. The van der Waals surface area contributed by atoms with Gasteiger partial charge in [0.15, 0.2) is 22.8 Å². The Morgan fingerprint density at radius 1 is 1.28 bits per heavy atom. The minimum absolute atomic E-state index is 0.0485. The highest BCUT2D eigenvalue weighted by Crippen LogP contribution is 2.35. The number of aromatic hydroxyl groups is 1. The maximum Gasteiger partial charge on any atom is 0.276 e. The lowest BCUT2D eigenvalue weighted by atomic mass is 10.1. The Balaban J connectivity index is 1.84. The van der Waals surface area contributed by atoms with Crippen molar-refractivity contribution in [2.45, 2.75) is 25.9 Å². The summed E-state index contributed by atoms with van der Waals surface area (Å²) in [6.07, 6.45) is 1.58. The molecule has 7 nitrogen and oxygen atoms in total. The average molecular weight is 410 g/mol. The maximum absolute atomic E-state index is 13.0. The topological polar surface area (TPSA) is 86.5 Å². The van der Waals surface area contributed by atoms with Gasteiger partial charge in [0.2, 0.25) is 0 Å². The van der Waals surface area contributed by atoms with Crippen LogP contribution in [0.5, 0.6) is 11.5 Å². The van der Waals surface area contributed by atoms with E-state index in [-0.39, 0.29) is 11.7 Å². The van der Waals surface area contributed by atoms with Crippen molar-refractivity contribution in [1.82, 2.24) is 10.3 Å². The van der Waals surface area contributed by atoms with Crippen LogP contribution < -0.4 is 20.6 Å². The lowest BCUT2D eigenvalue weighted by Gasteiger charge is -2.34. The zero-order valence-electron chi connectivity index (χ0n) is 16.3. The summed E-state index contributed by atoms with van der Waals surface area (Å²) in [5.74, 6) is 1.08. The van der Waals surface area contributed by atoms with Crippen molar-refractivity contribution in [1.29, 1.82) is 0 Å². The van der Waals surface area contributed by atoms with E-state index >= 15 is 0 Å². The molecule has 0 saturated heterocycles. The van der Waals surface area contributed by atoms with Crippen LogP contribution in [-0.2, 0) is 4.79 Å². The molecule has 0 fully saturated rings. The number of rotatable bonds is 5. The number of para-hydroxylation sites is 1. The highest BCUT2D eigenvalue weighted by Gasteiger charge is 2.34. The molecule has 2 aromatic rings. The molecule has 2 aromatic carbocycles. The number of nitrogens with zero attached hydrogens (tertiary/aromatic N) is 3. The average Bonchev–Trinajstić information content (AvgIpc) is 2.73. The number of carbonyl (C=O) groups excluding carboxylic acids is 1. The number of methoxy groups -OCH3 is 1. The van der Waals surface area contributed by atoms with E-state index in [0.29, 0.717) is 16.6 Å². The van der Waals surface area contributed by atoms with Gasteiger partial charge in [-0.1, -0.05) is 49.4 Å². The number of hydrogen-bond acceptors (Lipinski definition) is 7. The van der Waals surface area contributed by atoms with Crippen LogP contribution >= 0.6 is 11.8 Å². The Morgan fingerprint density at radius 2 is 2.10 bits per heavy atom. The van der Waals surface area contributed by atoms with Crippen LogP contribution in [0.4, 0.5) is 0 Å². The standard InChI is InChI=1S/C21H22N4O3S/c1-3-4-11-29-21-23-20(27)18-14-7-5-6-8-15(14)22-19(25(18)24-21)13-9-10-16(26)17(12-13)28-2/h5-10,12,19,26H,3-4,11H2,1-2H3,(H,23,24,27). The van der Waals surface area contributed by atoms with E-state index in [2.05, 4.69) is 12.2 Å². The summed E-state index contributed by atoms with van der Waals surface area (Å²) in [7, 11) is 1.50. The van der Waals surface area contributed by atoms with Crippen LogP contribution in [0.3, 0.4) is 0 Å². The monoisotopic (exact) mass is 410 g/mol. The fourth-order valence-electron chi connectivity index (χ4n) is 3.28. The van der Waals surface area contributed by atoms with Crippen molar-refractivity contribution in [2.24, 2.45) is 10.1 Å². The molecule has 2 N–H and O–H groups in total. The van der Waals surface area contributed by atoms with Crippen LogP contribution in [0.15, 0.2) is 52.6 Å². The molecule has 2 aliphatic heterocycles. The van der Waals surface area contributed by atoms with Gasteiger partial charge in [-0.2, -0.15) is 0 Å². The second-order valence-corrected chi connectivity index (χ2v) is 7.79. The van der Waals surface area contributed by atoms with Crippen molar-refractivity contribution in [2.75, 3.05) is 12.9 Å². The number of amides is 1. The number of hydrogen-bond donors (Lipinski definition) is 2. The molecular formula is C21H22N4O3S. The lowest BCUT2D eigenvalue weighted by Crippen LogP contribution is -2.50. The molecule has 4 rings (SSSR count). The molecule has 1 atom stereocenters. The van der Waals surface area contributed by atoms with Crippen molar-refractivity contribution in [3.05, 3.63) is 58.6 Å². The highest BCUT2D eigenvalue weighted by atomic mass is 32.2. The number of nitrogens with one attached hydrogen (secondary N) is 1. The van der Waals surface area contributed by atoms with Gasteiger partial charge >= 0.3 is 0 Å². The third-order valence-electron chi connectivity index (χ3n) is 4.75. The zero-order valence-corrected chi connectivity index (χ0v) is 17.1. The quantitative estimate of drug-likeness (QED) is 0.737. The highest BCUT2D eigenvalue weighted by molar-refractivity contribution is 8.13. The summed E-state index contributed by atoms with van der Waals surface area (Å²) in [6.45, 7) is 2.13. The first-order valence-electron chi connectivity index (χ1n) is 9.48. The Bertz CT molecular complexity index is 1100. The summed E-state index contributed by atoms with van der Waals surface area (Å²) in [5, 5.41) is 21.3. The number of phenols is 1. The maximum atomic E-state index is 13.0. The largest absolute Gasteiger partial charge is 0.504 e. The molecule has 0 bridgehead atoms. The van der Waals surface area contributed by atoms with Crippen LogP contribution in [0.1, 0.15) is 31.5 Å². The summed E-state index contributed by atoms with van der Waals surface area (Å²) >= 11 is 1.53. The fraction of sp³-hybridized carbons (Fsp3) is 0.286. The van der Waals surface area contributed by atoms with E-state index < -0.39 is 6.17 Å². The molecule has 2 heterocycles. The number of amidine groups is 1. The number of carbonyl (C=O) groups is 1. The molecule has 0 saturated carbocycles. The SMILES string of the molecule is CCCCSC1=NN2C(=c3ccccc3=NC2c2ccc(O)c(OC)c2)C(=O)N1. The molecule has 8 heteroatoms. The molecule has 0 aliphatic carbocycles. The second kappa shape index (κ2) is 8.16. The molecular weight excluding hydrogens is 388 g/mol. The molecule has 0 spiro atoms. The first-order chi connectivity index (χ1) is 14.1. The number of thioether (sulfide) groups is 1. The van der Waals surface area contributed by atoms with Crippen LogP contribution in [0, 0.1) is 0 Å². The third kappa shape index (κ3) is 3.67. The Hall–Kier alpha value is -3.00. The van der Waals surface area contributed by atoms with Gasteiger partial charge in [-0.05, 0) is 24.6 Å². The summed E-state index contributed by atoms with van der Waals surface area (Å²) in [6, 6.07) is 12.6. The van der Waals surface area contributed by atoms with Crippen molar-refractivity contribution < 1.29 is 14.6 Å². The van der Waals surface area contributed by atoms with Gasteiger partial charge in [0.1, 0.15) is 5.70 Å². The first kappa shape index (κ1) is 19.3. The van der Waals surface area contributed by atoms with Gasteiger partial charge in [0.05, 0.1) is 12.5 Å². The minimum atomic E-state index is -0.540. The second-order valence-electron chi connectivity index (χ2n) is 6.71. The predicted molar refractivity (Wildman–Crippen MR) is 113 cm³/mol. The smallest absolute Gasteiger partial charge is 0.276 e. The number of ether oxygens (including phenoxy) is 1. The van der Waals surface area contributed by atoms with Crippen LogP contribution in [-0.4, -0.2) is 34.1 Å². The van der Waals surface area contributed by atoms with E-state index in [1.807, 2.05) is 24.3 Å². The molecule has 1 amide bonds. The van der Waals surface area contributed by atoms with E-state index in [1.165, 1.54) is 18.9 Å². The molecule has 2 aliphatic rings. The van der Waals surface area contributed by atoms with Crippen molar-refractivity contribution in [3.8, 4) is 11.5 Å². The number of hydrazone groups is 1.